The molecule has 1 aromatic carbocycles. The lowest BCUT2D eigenvalue weighted by Crippen LogP contribution is -2.28. The van der Waals surface area contributed by atoms with E-state index in [-0.39, 0.29) is 0 Å². The van der Waals surface area contributed by atoms with E-state index in [0.29, 0.717) is 0 Å². The van der Waals surface area contributed by atoms with Gasteiger partial charge in [0.25, 0.3) is 0 Å². The summed E-state index contributed by atoms with van der Waals surface area (Å²) < 4.78 is 0. The van der Waals surface area contributed by atoms with Gasteiger partial charge in [0.15, 0.2) is 0 Å². The number of nitrogens with one attached hydrogen (secondary N) is 1. The molecule has 0 fully saturated rings. The van der Waals surface area contributed by atoms with Crippen LogP contribution in [0, 0.1) is 0 Å². The van der Waals surface area contributed by atoms with Gasteiger partial charge in [-0.05, 0) is 30.6 Å². The summed E-state index contributed by atoms with van der Waals surface area (Å²) in [5.41, 5.74) is 6.82. The third-order valence-electron chi connectivity index (χ3n) is 3.44. The van der Waals surface area contributed by atoms with Gasteiger partial charge in [0.2, 0.25) is 0 Å². The molecule has 19 heavy (non-hydrogen) atoms. The maximum Gasteiger partial charge on any atom is 0.135 e. The zero-order chi connectivity index (χ0) is 13.7. The van der Waals surface area contributed by atoms with Crippen molar-refractivity contribution in [2.24, 2.45) is 0 Å². The first-order valence-electron chi connectivity index (χ1n) is 6.85. The number of aromatic nitrogens is 1. The lowest BCUT2D eigenvalue weighted by molar-refractivity contribution is 0.316. The average Bonchev–Trinajstić information content (AvgIpc) is 2.44. The Hall–Kier alpha value is -1.81. The zero-order valence-electron chi connectivity index (χ0n) is 11.7. The van der Waals surface area contributed by atoms with Crippen LogP contribution in [0.2, 0.25) is 0 Å². The second-order valence-corrected chi connectivity index (χ2v) is 4.56. The van der Waals surface area contributed by atoms with Crippen molar-refractivity contribution in [2.75, 3.05) is 37.2 Å². The maximum absolute atomic E-state index is 6.05. The van der Waals surface area contributed by atoms with Crippen molar-refractivity contribution in [3.63, 3.8) is 0 Å². The van der Waals surface area contributed by atoms with Crippen molar-refractivity contribution in [2.45, 2.75) is 13.8 Å². The molecule has 0 spiro atoms. The highest BCUT2D eigenvalue weighted by atomic mass is 15.1. The Morgan fingerprint density at radius 2 is 2.00 bits per heavy atom. The number of nitrogens with two attached hydrogens (primary N) is 1. The molecule has 0 aliphatic carbocycles. The minimum absolute atomic E-state index is 0.774. The summed E-state index contributed by atoms with van der Waals surface area (Å²) in [5, 5.41) is 5.54. The largest absolute Gasteiger partial charge is 0.398 e. The fourth-order valence-corrected chi connectivity index (χ4v) is 2.26. The highest BCUT2D eigenvalue weighted by Crippen LogP contribution is 2.26. The number of rotatable bonds is 6. The second-order valence-electron chi connectivity index (χ2n) is 4.56. The number of hydrogen-bond donors (Lipinski definition) is 2. The van der Waals surface area contributed by atoms with Crippen LogP contribution in [-0.2, 0) is 0 Å². The lowest BCUT2D eigenvalue weighted by atomic mass is 10.1. The first-order chi connectivity index (χ1) is 9.26. The molecule has 2 rings (SSSR count). The van der Waals surface area contributed by atoms with Gasteiger partial charge in [0.1, 0.15) is 5.82 Å². The van der Waals surface area contributed by atoms with Gasteiger partial charge < -0.3 is 16.0 Å². The average molecular weight is 258 g/mol. The van der Waals surface area contributed by atoms with Crippen LogP contribution in [0.3, 0.4) is 0 Å². The number of hydrogen-bond acceptors (Lipinski definition) is 4. The Morgan fingerprint density at radius 3 is 2.74 bits per heavy atom. The zero-order valence-corrected chi connectivity index (χ0v) is 11.7. The van der Waals surface area contributed by atoms with Crippen LogP contribution in [0.15, 0.2) is 30.5 Å². The summed E-state index contributed by atoms with van der Waals surface area (Å²) in [5.74, 6) is 0.878. The van der Waals surface area contributed by atoms with Crippen LogP contribution in [-0.4, -0.2) is 36.1 Å². The van der Waals surface area contributed by atoms with E-state index in [1.54, 1.807) is 0 Å². The third-order valence-corrected chi connectivity index (χ3v) is 3.44. The van der Waals surface area contributed by atoms with E-state index in [9.17, 15) is 0 Å². The summed E-state index contributed by atoms with van der Waals surface area (Å²) >= 11 is 0. The molecule has 0 unspecified atom stereocenters. The highest BCUT2D eigenvalue weighted by molar-refractivity contribution is 6.00. The first kappa shape index (κ1) is 13.6. The number of pyridine rings is 1. The molecule has 4 nitrogen and oxygen atoms in total. The third kappa shape index (κ3) is 3.15. The molecule has 4 heteroatoms. The fraction of sp³-hybridized carbons (Fsp3) is 0.400. The second kappa shape index (κ2) is 6.38. The van der Waals surface area contributed by atoms with Gasteiger partial charge in [0.05, 0.1) is 0 Å². The Labute approximate surface area is 114 Å². The molecule has 0 saturated carbocycles. The molecule has 1 aromatic heterocycles. The number of nitrogen functional groups attached to an aromatic ring is 1. The lowest BCUT2D eigenvalue weighted by Gasteiger charge is -2.18. The summed E-state index contributed by atoms with van der Waals surface area (Å²) in [4.78, 5) is 6.78. The quantitative estimate of drug-likeness (QED) is 0.782. The molecule has 0 amide bonds. The standard InChI is InChI=1S/C15H22N4/c1-3-19(4-2)11-10-18-15-14-12(8-9-17-15)6-5-7-13(14)16/h5-9H,3-4,10-11,16H2,1-2H3,(H,17,18). The molecule has 3 N–H and O–H groups in total. The number of benzene rings is 1. The number of anilines is 2. The van der Waals surface area contributed by atoms with Crippen LogP contribution in [0.25, 0.3) is 10.8 Å². The van der Waals surface area contributed by atoms with Crippen LogP contribution >= 0.6 is 0 Å². The molecule has 0 aliphatic rings. The Morgan fingerprint density at radius 1 is 1.21 bits per heavy atom. The van der Waals surface area contributed by atoms with E-state index < -0.39 is 0 Å². The summed E-state index contributed by atoms with van der Waals surface area (Å²) in [7, 11) is 0. The Kier molecular flexibility index (Phi) is 4.58. The molecular weight excluding hydrogens is 236 g/mol. The molecule has 1 heterocycles. The maximum atomic E-state index is 6.05. The molecule has 0 saturated heterocycles. The molecule has 0 aliphatic heterocycles. The molecule has 0 atom stereocenters. The number of nitrogens with zero attached hydrogens (tertiary/aromatic N) is 2. The van der Waals surface area contributed by atoms with Crippen molar-refractivity contribution in [3.05, 3.63) is 30.5 Å². The van der Waals surface area contributed by atoms with Crippen LogP contribution in [0.1, 0.15) is 13.8 Å². The fourth-order valence-electron chi connectivity index (χ4n) is 2.26. The first-order valence-corrected chi connectivity index (χ1v) is 6.85. The van der Waals surface area contributed by atoms with E-state index in [0.717, 1.165) is 48.5 Å². The van der Waals surface area contributed by atoms with E-state index >= 15 is 0 Å². The van der Waals surface area contributed by atoms with Crippen LogP contribution in [0.5, 0.6) is 0 Å². The molecular formula is C15H22N4. The predicted molar refractivity (Wildman–Crippen MR) is 82.4 cm³/mol. The van der Waals surface area contributed by atoms with Crippen molar-refractivity contribution in [3.8, 4) is 0 Å². The molecule has 0 bridgehead atoms. The number of likely N-dealkylation sites (N-methyl/N-ethyl adjacent to an activating group) is 1. The van der Waals surface area contributed by atoms with Gasteiger partial charge in [-0.15, -0.1) is 0 Å². The van der Waals surface area contributed by atoms with Gasteiger partial charge in [-0.1, -0.05) is 26.0 Å². The van der Waals surface area contributed by atoms with Gasteiger partial charge in [-0.2, -0.15) is 0 Å². The van der Waals surface area contributed by atoms with E-state index in [4.69, 9.17) is 5.73 Å². The predicted octanol–water partition coefficient (Wildman–Crippen LogP) is 2.57. The minimum Gasteiger partial charge on any atom is -0.398 e. The topological polar surface area (TPSA) is 54.2 Å². The molecule has 2 aromatic rings. The van der Waals surface area contributed by atoms with E-state index in [1.807, 2.05) is 24.4 Å². The van der Waals surface area contributed by atoms with Gasteiger partial charge in [-0.25, -0.2) is 4.98 Å². The highest BCUT2D eigenvalue weighted by Gasteiger charge is 2.05. The SMILES string of the molecule is CCN(CC)CCNc1nccc2cccc(N)c12. The van der Waals surface area contributed by atoms with Crippen molar-refractivity contribution in [1.82, 2.24) is 9.88 Å². The van der Waals surface area contributed by atoms with Crippen molar-refractivity contribution >= 4 is 22.3 Å². The van der Waals surface area contributed by atoms with Gasteiger partial charge in [0, 0.05) is 30.4 Å². The van der Waals surface area contributed by atoms with Crippen molar-refractivity contribution in [1.29, 1.82) is 0 Å². The number of fused-ring (bicyclic) bond motifs is 1. The monoisotopic (exact) mass is 258 g/mol. The smallest absolute Gasteiger partial charge is 0.135 e. The van der Waals surface area contributed by atoms with Gasteiger partial charge in [-0.3, -0.25) is 0 Å². The van der Waals surface area contributed by atoms with Crippen molar-refractivity contribution < 1.29 is 0 Å². The Bertz CT molecular complexity index is 529. The normalized spacial score (nSPS) is 11.1. The van der Waals surface area contributed by atoms with Crippen LogP contribution in [0.4, 0.5) is 11.5 Å². The summed E-state index contributed by atoms with van der Waals surface area (Å²) in [6, 6.07) is 7.93. The minimum atomic E-state index is 0.774. The van der Waals surface area contributed by atoms with E-state index in [1.165, 1.54) is 0 Å². The molecule has 102 valence electrons. The molecule has 0 radical (unpaired) electrons. The van der Waals surface area contributed by atoms with E-state index in [2.05, 4.69) is 35.1 Å². The Balaban J connectivity index is 2.13. The summed E-state index contributed by atoms with van der Waals surface area (Å²) in [6.45, 7) is 8.39. The van der Waals surface area contributed by atoms with Crippen LogP contribution < -0.4 is 11.1 Å². The van der Waals surface area contributed by atoms with Gasteiger partial charge >= 0.3 is 0 Å². The summed E-state index contributed by atoms with van der Waals surface area (Å²) in [6.07, 6.45) is 1.82.